The lowest BCUT2D eigenvalue weighted by Crippen LogP contribution is -2.16. The highest BCUT2D eigenvalue weighted by molar-refractivity contribution is 7.87. The Kier molecular flexibility index (Phi) is 8.33. The molecule has 0 bridgehead atoms. The Labute approximate surface area is 246 Å². The number of fused-ring (bicyclic) bond motifs is 1. The summed E-state index contributed by atoms with van der Waals surface area (Å²) in [5, 5.41) is 6.57. The van der Waals surface area contributed by atoms with E-state index < -0.39 is 73.3 Å². The molecule has 0 aromatic heterocycles. The molecule has 0 aliphatic rings. The maximum atomic E-state index is 13.3. The van der Waals surface area contributed by atoms with Gasteiger partial charge in [0.2, 0.25) is 0 Å². The van der Waals surface area contributed by atoms with E-state index in [4.69, 9.17) is 0 Å². The van der Waals surface area contributed by atoms with Crippen molar-refractivity contribution in [2.75, 3.05) is 23.0 Å². The second kappa shape index (κ2) is 11.4. The Morgan fingerprint density at radius 1 is 0.651 bits per heavy atom. The van der Waals surface area contributed by atoms with E-state index in [9.17, 15) is 48.5 Å². The van der Waals surface area contributed by atoms with Gasteiger partial charge in [-0.25, -0.2) is 0 Å². The summed E-state index contributed by atoms with van der Waals surface area (Å²) in [6.07, 6.45) is 0. The molecule has 4 aromatic rings. The number of benzene rings is 4. The zero-order valence-electron chi connectivity index (χ0n) is 22.2. The van der Waals surface area contributed by atoms with Gasteiger partial charge in [0.1, 0.15) is 9.79 Å². The summed E-state index contributed by atoms with van der Waals surface area (Å²) in [6, 6.07) is 13.5. The van der Waals surface area contributed by atoms with Crippen molar-refractivity contribution in [1.29, 1.82) is 0 Å². The minimum absolute atomic E-state index is 0.0418. The first-order valence-electron chi connectivity index (χ1n) is 11.9. The summed E-state index contributed by atoms with van der Waals surface area (Å²) in [6.45, 7) is 1.67. The fourth-order valence-electron chi connectivity index (χ4n) is 4.18. The van der Waals surface area contributed by atoms with Crippen LogP contribution in [0.1, 0.15) is 26.3 Å². The first-order chi connectivity index (χ1) is 19.9. The van der Waals surface area contributed by atoms with E-state index in [1.54, 1.807) is 38.2 Å². The molecule has 14 nitrogen and oxygen atoms in total. The third kappa shape index (κ3) is 6.82. The second-order valence-corrected chi connectivity index (χ2v) is 13.4. The van der Waals surface area contributed by atoms with Gasteiger partial charge in [0, 0.05) is 40.3 Å². The zero-order chi connectivity index (χ0) is 31.9. The molecule has 226 valence electrons. The molecule has 0 aliphatic carbocycles. The van der Waals surface area contributed by atoms with Gasteiger partial charge in [-0.2, -0.15) is 25.3 Å². The lowest BCUT2D eigenvalue weighted by Gasteiger charge is -2.16. The smallest absolute Gasteiger partial charge is 0.295 e. The van der Waals surface area contributed by atoms with Gasteiger partial charge in [-0.3, -0.25) is 23.2 Å². The summed E-state index contributed by atoms with van der Waals surface area (Å²) < 4.78 is 101. The van der Waals surface area contributed by atoms with Gasteiger partial charge in [-0.1, -0.05) is 12.1 Å². The average molecular weight is 650 g/mol. The molecule has 0 saturated carbocycles. The van der Waals surface area contributed by atoms with Crippen molar-refractivity contribution in [1.82, 2.24) is 0 Å². The minimum Gasteiger partial charge on any atom is -0.388 e. The van der Waals surface area contributed by atoms with E-state index in [2.05, 4.69) is 16.0 Å². The lowest BCUT2D eigenvalue weighted by atomic mass is 10.1. The van der Waals surface area contributed by atoms with E-state index in [0.29, 0.717) is 28.9 Å². The topological polar surface area (TPSA) is 233 Å². The first kappa shape index (κ1) is 31.5. The molecule has 0 fully saturated rings. The molecule has 0 saturated heterocycles. The third-order valence-electron chi connectivity index (χ3n) is 6.28. The van der Waals surface area contributed by atoms with E-state index in [1.807, 2.05) is 0 Å². The normalized spacial score (nSPS) is 12.1. The molecule has 43 heavy (non-hydrogen) atoms. The maximum Gasteiger partial charge on any atom is 0.295 e. The Morgan fingerprint density at radius 3 is 1.84 bits per heavy atom. The van der Waals surface area contributed by atoms with Crippen LogP contribution in [-0.2, 0) is 30.4 Å². The summed E-state index contributed by atoms with van der Waals surface area (Å²) >= 11 is 0. The first-order valence-corrected chi connectivity index (χ1v) is 16.3. The van der Waals surface area contributed by atoms with Crippen molar-refractivity contribution in [2.45, 2.75) is 21.6 Å². The molecule has 6 N–H and O–H groups in total. The molecular weight excluding hydrogens is 626 g/mol. The molecule has 4 rings (SSSR count). The highest BCUT2D eigenvalue weighted by Crippen LogP contribution is 2.37. The van der Waals surface area contributed by atoms with Gasteiger partial charge in [-0.05, 0) is 67.1 Å². The van der Waals surface area contributed by atoms with Crippen molar-refractivity contribution in [3.63, 3.8) is 0 Å². The van der Waals surface area contributed by atoms with Crippen LogP contribution >= 0.6 is 0 Å². The lowest BCUT2D eigenvalue weighted by molar-refractivity contribution is 0.101. The van der Waals surface area contributed by atoms with Gasteiger partial charge in [0.15, 0.2) is 0 Å². The third-order valence-corrected chi connectivity index (χ3v) is 8.90. The number of nitrogens with one attached hydrogen (secondary N) is 3. The summed E-state index contributed by atoms with van der Waals surface area (Å²) in [4.78, 5) is 22.9. The van der Waals surface area contributed by atoms with Crippen LogP contribution in [0.15, 0.2) is 81.4 Å². The summed E-state index contributed by atoms with van der Waals surface area (Å²) in [5.74, 6) is -1.36. The molecule has 0 spiro atoms. The van der Waals surface area contributed by atoms with Gasteiger partial charge in [0.05, 0.1) is 10.6 Å². The fourth-order valence-corrected chi connectivity index (χ4v) is 6.22. The van der Waals surface area contributed by atoms with Crippen molar-refractivity contribution in [3.8, 4) is 0 Å². The van der Waals surface area contributed by atoms with Crippen molar-refractivity contribution in [3.05, 3.63) is 83.4 Å². The average Bonchev–Trinajstić information content (AvgIpc) is 2.91. The Hall–Kier alpha value is -4.39. The van der Waals surface area contributed by atoms with Crippen molar-refractivity contribution >= 4 is 70.0 Å². The zero-order valence-corrected chi connectivity index (χ0v) is 24.6. The number of carbonyl (C=O) groups excluding carboxylic acids is 2. The molecule has 0 unspecified atom stereocenters. The number of hydrogen-bond acceptors (Lipinski definition) is 9. The molecular formula is C26H23N3O11S3. The number of aryl methyl sites for hydroxylation is 1. The van der Waals surface area contributed by atoms with E-state index in [1.165, 1.54) is 18.2 Å². The number of hydrogen-bond donors (Lipinski definition) is 6. The molecule has 0 aliphatic heterocycles. The Bertz CT molecular complexity index is 2150. The predicted octanol–water partition coefficient (Wildman–Crippen LogP) is 3.43. The molecule has 4 aromatic carbocycles. The summed E-state index contributed by atoms with van der Waals surface area (Å²) in [5.41, 5.74) is 1.42. The maximum absolute atomic E-state index is 13.3. The highest BCUT2D eigenvalue weighted by Gasteiger charge is 2.27. The molecule has 17 heteroatoms. The SMILES string of the molecule is CNc1cccc(C(=O)Nc2cc(C(=O)Nc3ccc(S(=O)(=O)O)c4cc(S(=O)(=O)O)cc(S(=O)(=O)O)c34)ccc2C)c1. The van der Waals surface area contributed by atoms with Crippen LogP contribution < -0.4 is 16.0 Å². The van der Waals surface area contributed by atoms with Gasteiger partial charge in [-0.15, -0.1) is 0 Å². The molecule has 0 atom stereocenters. The second-order valence-electron chi connectivity index (χ2n) is 9.15. The van der Waals surface area contributed by atoms with E-state index in [-0.39, 0.29) is 11.3 Å². The highest BCUT2D eigenvalue weighted by atomic mass is 32.2. The molecule has 0 radical (unpaired) electrons. The van der Waals surface area contributed by atoms with Crippen molar-refractivity contribution < 1.29 is 48.5 Å². The summed E-state index contributed by atoms with van der Waals surface area (Å²) in [7, 11) is -13.9. The van der Waals surface area contributed by atoms with Crippen LogP contribution in [0, 0.1) is 6.92 Å². The van der Waals surface area contributed by atoms with Crippen LogP contribution in [0.3, 0.4) is 0 Å². The van der Waals surface area contributed by atoms with Crippen LogP contribution in [0.25, 0.3) is 10.8 Å². The van der Waals surface area contributed by atoms with Gasteiger partial charge < -0.3 is 16.0 Å². The Morgan fingerprint density at radius 2 is 1.26 bits per heavy atom. The predicted molar refractivity (Wildman–Crippen MR) is 156 cm³/mol. The standard InChI is InChI=1S/C26H23N3O11S3/c1-14-6-7-16(11-21(14)29-25(30)15-4-3-5-17(10-15)27-2)26(31)28-20-8-9-22(42(35,36)37)19-12-18(41(32,33)34)13-23(24(19)20)43(38,39)40/h3-13,27H,1-2H3,(H,28,31)(H,29,30)(H,32,33,34)(H,35,36,37)(H,38,39,40). The van der Waals surface area contributed by atoms with E-state index >= 15 is 0 Å². The van der Waals surface area contributed by atoms with Crippen LogP contribution in [-0.4, -0.2) is 57.8 Å². The largest absolute Gasteiger partial charge is 0.388 e. The van der Waals surface area contributed by atoms with Crippen LogP contribution in [0.5, 0.6) is 0 Å². The van der Waals surface area contributed by atoms with Gasteiger partial charge in [0.25, 0.3) is 42.2 Å². The number of rotatable bonds is 8. The number of anilines is 3. The monoisotopic (exact) mass is 649 g/mol. The molecule has 2 amide bonds. The number of amides is 2. The van der Waals surface area contributed by atoms with Gasteiger partial charge >= 0.3 is 0 Å². The van der Waals surface area contributed by atoms with Crippen LogP contribution in [0.4, 0.5) is 17.1 Å². The van der Waals surface area contributed by atoms with Crippen molar-refractivity contribution in [2.24, 2.45) is 0 Å². The molecule has 0 heterocycles. The minimum atomic E-state index is -5.31. The number of carbonyl (C=O) groups is 2. The van der Waals surface area contributed by atoms with E-state index in [0.717, 1.165) is 12.1 Å². The fraction of sp³-hybridized carbons (Fsp3) is 0.0769. The quantitative estimate of drug-likeness (QED) is 0.151. The Balaban J connectivity index is 1.81. The van der Waals surface area contributed by atoms with Crippen LogP contribution in [0.2, 0.25) is 0 Å².